The molecule has 36 heavy (non-hydrogen) atoms. The van der Waals surface area contributed by atoms with Gasteiger partial charge in [-0.3, -0.25) is 9.35 Å². The van der Waals surface area contributed by atoms with E-state index < -0.39 is 11.3 Å². The van der Waals surface area contributed by atoms with Crippen molar-refractivity contribution < 1.29 is 13.6 Å². The molecule has 186 valence electrons. The Balaban J connectivity index is 1.63. The van der Waals surface area contributed by atoms with Crippen LogP contribution in [0, 0.1) is 0 Å². The zero-order valence-corrected chi connectivity index (χ0v) is 23.1. The molecule has 3 aromatic carbocycles. The van der Waals surface area contributed by atoms with Crippen molar-refractivity contribution in [2.24, 2.45) is 0 Å². The van der Waals surface area contributed by atoms with Crippen molar-refractivity contribution in [1.29, 1.82) is 0 Å². The molecule has 1 heterocycles. The third kappa shape index (κ3) is 6.57. The molecular weight excluding hydrogens is 584 g/mol. The predicted molar refractivity (Wildman–Crippen MR) is 148 cm³/mol. The van der Waals surface area contributed by atoms with Gasteiger partial charge in [0.05, 0.1) is 23.0 Å². The number of nitrogens with zero attached hydrogens (tertiary/aromatic N) is 3. The molecule has 4 aromatic rings. The first-order valence-corrected chi connectivity index (χ1v) is 13.9. The first-order valence-electron chi connectivity index (χ1n) is 10.9. The Morgan fingerprint density at radius 3 is 2.53 bits per heavy atom. The highest BCUT2D eigenvalue weighted by molar-refractivity contribution is 9.10. The summed E-state index contributed by atoms with van der Waals surface area (Å²) < 4.78 is 33.3. The smallest absolute Gasteiger partial charge is 0.268 e. The van der Waals surface area contributed by atoms with Crippen LogP contribution in [0.1, 0.15) is 34.1 Å². The summed E-state index contributed by atoms with van der Waals surface area (Å²) >= 11 is 7.82. The molecule has 1 amide bonds. The highest BCUT2D eigenvalue weighted by Crippen LogP contribution is 2.34. The molecule has 0 fully saturated rings. The van der Waals surface area contributed by atoms with Gasteiger partial charge in [-0.1, -0.05) is 70.0 Å². The standard InChI is InChI=1S/C25H22BrClN4O3S2/c1-16(13-18-7-10-20(27)11-8-18)28-25(32)21-12-9-19(26)15-23(21)31(36(33)34)24-22(29-35-30-24)14-17-5-3-2-4-6-17/h2-12,15-16H,13-14H2,1H3,(H,28,32)(H,33,34). The van der Waals surface area contributed by atoms with E-state index in [1.807, 2.05) is 61.5 Å². The number of benzene rings is 3. The molecule has 0 aliphatic carbocycles. The third-order valence-corrected chi connectivity index (χ3v) is 7.34. The van der Waals surface area contributed by atoms with Crippen LogP contribution in [-0.2, 0) is 24.1 Å². The number of halogens is 2. The first kappa shape index (κ1) is 26.4. The Kier molecular flexibility index (Phi) is 8.86. The van der Waals surface area contributed by atoms with Crippen LogP contribution in [0.3, 0.4) is 0 Å². The van der Waals surface area contributed by atoms with Gasteiger partial charge in [-0.25, -0.2) is 8.51 Å². The monoisotopic (exact) mass is 604 g/mol. The van der Waals surface area contributed by atoms with Crippen LogP contribution in [0.15, 0.2) is 77.3 Å². The summed E-state index contributed by atoms with van der Waals surface area (Å²) in [5.74, 6) is -0.145. The van der Waals surface area contributed by atoms with Crippen LogP contribution in [0.25, 0.3) is 0 Å². The topological polar surface area (TPSA) is 95.4 Å². The number of amides is 1. The van der Waals surface area contributed by atoms with Gasteiger partial charge in [-0.15, -0.1) is 0 Å². The van der Waals surface area contributed by atoms with Gasteiger partial charge in [0.25, 0.3) is 17.2 Å². The lowest BCUT2D eigenvalue weighted by atomic mass is 10.1. The van der Waals surface area contributed by atoms with E-state index in [9.17, 15) is 13.6 Å². The molecular formula is C25H22BrClN4O3S2. The highest BCUT2D eigenvalue weighted by Gasteiger charge is 2.27. The van der Waals surface area contributed by atoms with Gasteiger partial charge >= 0.3 is 0 Å². The van der Waals surface area contributed by atoms with Crippen LogP contribution in [0.2, 0.25) is 5.02 Å². The minimum Gasteiger partial charge on any atom is -0.349 e. The number of anilines is 2. The Bertz CT molecular complexity index is 1370. The van der Waals surface area contributed by atoms with Gasteiger partial charge < -0.3 is 5.32 Å². The van der Waals surface area contributed by atoms with E-state index in [-0.39, 0.29) is 29.0 Å². The summed E-state index contributed by atoms with van der Waals surface area (Å²) in [4.78, 5) is 13.3. The second kappa shape index (κ2) is 12.1. The van der Waals surface area contributed by atoms with Gasteiger partial charge in [-0.05, 0) is 54.8 Å². The maximum atomic E-state index is 13.3. The minimum absolute atomic E-state index is 0.196. The normalized spacial score (nSPS) is 12.7. The van der Waals surface area contributed by atoms with E-state index in [1.165, 1.54) is 0 Å². The van der Waals surface area contributed by atoms with Crippen LogP contribution in [0.4, 0.5) is 11.5 Å². The maximum absolute atomic E-state index is 13.3. The van der Waals surface area contributed by atoms with E-state index in [2.05, 4.69) is 30.0 Å². The average molecular weight is 606 g/mol. The number of rotatable bonds is 9. The van der Waals surface area contributed by atoms with Crippen molar-refractivity contribution in [2.45, 2.75) is 25.8 Å². The fourth-order valence-corrected chi connectivity index (χ4v) is 5.41. The molecule has 11 heteroatoms. The summed E-state index contributed by atoms with van der Waals surface area (Å²) in [6.07, 6.45) is 1.02. The lowest BCUT2D eigenvalue weighted by molar-refractivity contribution is 0.0941. The van der Waals surface area contributed by atoms with Crippen molar-refractivity contribution in [3.05, 3.63) is 105 Å². The number of hydrogen-bond donors (Lipinski definition) is 2. The largest absolute Gasteiger partial charge is 0.349 e. The molecule has 0 spiro atoms. The summed E-state index contributed by atoms with van der Waals surface area (Å²) in [6, 6.07) is 21.8. The molecule has 0 radical (unpaired) electrons. The molecule has 0 bridgehead atoms. The Hall–Kier alpha value is -2.63. The van der Waals surface area contributed by atoms with E-state index in [4.69, 9.17) is 11.6 Å². The number of hydrogen-bond acceptors (Lipinski definition) is 5. The SMILES string of the molecule is CC(Cc1ccc(Cl)cc1)NC(=O)c1ccc(Br)cc1N(c1nsnc1Cc1ccccc1)S(=O)O. The Labute approximate surface area is 229 Å². The predicted octanol–water partition coefficient (Wildman–Crippen LogP) is 6.18. The Morgan fingerprint density at radius 2 is 1.83 bits per heavy atom. The summed E-state index contributed by atoms with van der Waals surface area (Å²) in [5, 5.41) is 3.63. The number of nitrogens with one attached hydrogen (secondary N) is 1. The average Bonchev–Trinajstić information content (AvgIpc) is 3.28. The molecule has 0 aliphatic heterocycles. The van der Waals surface area contributed by atoms with E-state index in [1.54, 1.807) is 18.2 Å². The second-order valence-electron chi connectivity index (χ2n) is 8.09. The van der Waals surface area contributed by atoms with Crippen LogP contribution < -0.4 is 9.62 Å². The van der Waals surface area contributed by atoms with Crippen LogP contribution in [-0.4, -0.2) is 29.5 Å². The first-order chi connectivity index (χ1) is 17.3. The third-order valence-electron chi connectivity index (χ3n) is 5.36. The molecule has 0 saturated heterocycles. The molecule has 0 aliphatic rings. The van der Waals surface area contributed by atoms with E-state index in [0.717, 1.165) is 27.2 Å². The molecule has 7 nitrogen and oxygen atoms in total. The molecule has 1 aromatic heterocycles. The zero-order valence-electron chi connectivity index (χ0n) is 19.1. The van der Waals surface area contributed by atoms with Crippen LogP contribution in [0.5, 0.6) is 0 Å². The molecule has 2 unspecified atom stereocenters. The number of carbonyl (C=O) groups excluding carboxylic acids is 1. The van der Waals surface area contributed by atoms with Gasteiger partial charge in [0.15, 0.2) is 5.82 Å². The quantitative estimate of drug-likeness (QED) is 0.222. The summed E-state index contributed by atoms with van der Waals surface area (Å²) in [5.41, 5.74) is 3.03. The minimum atomic E-state index is -2.51. The van der Waals surface area contributed by atoms with Crippen molar-refractivity contribution in [2.75, 3.05) is 4.31 Å². The maximum Gasteiger partial charge on any atom is 0.268 e. The fraction of sp³-hybridized carbons (Fsp3) is 0.160. The van der Waals surface area contributed by atoms with Crippen molar-refractivity contribution >= 4 is 67.9 Å². The van der Waals surface area contributed by atoms with Gasteiger partial charge in [0.1, 0.15) is 5.69 Å². The molecule has 2 N–H and O–H groups in total. The molecule has 4 rings (SSSR count). The van der Waals surface area contributed by atoms with Crippen LogP contribution >= 0.6 is 39.3 Å². The van der Waals surface area contributed by atoms with Gasteiger partial charge in [0.2, 0.25) is 0 Å². The van der Waals surface area contributed by atoms with E-state index in [0.29, 0.717) is 28.0 Å². The number of carbonyl (C=O) groups is 1. The Morgan fingerprint density at radius 1 is 1.11 bits per heavy atom. The van der Waals surface area contributed by atoms with Crippen molar-refractivity contribution in [1.82, 2.24) is 14.1 Å². The van der Waals surface area contributed by atoms with Gasteiger partial charge in [-0.2, -0.15) is 8.75 Å². The van der Waals surface area contributed by atoms with Gasteiger partial charge in [0, 0.05) is 22.0 Å². The summed E-state index contributed by atoms with van der Waals surface area (Å²) in [7, 11) is 0. The van der Waals surface area contributed by atoms with Crippen molar-refractivity contribution in [3.8, 4) is 0 Å². The highest BCUT2D eigenvalue weighted by atomic mass is 79.9. The fourth-order valence-electron chi connectivity index (χ4n) is 3.72. The lowest BCUT2D eigenvalue weighted by Crippen LogP contribution is -2.35. The molecule has 0 saturated carbocycles. The number of aromatic nitrogens is 2. The lowest BCUT2D eigenvalue weighted by Gasteiger charge is -2.22. The second-order valence-corrected chi connectivity index (χ2v) is 10.8. The van der Waals surface area contributed by atoms with E-state index >= 15 is 0 Å². The zero-order chi connectivity index (χ0) is 25.7. The van der Waals surface area contributed by atoms with Crippen molar-refractivity contribution in [3.63, 3.8) is 0 Å². The molecule has 2 atom stereocenters. The summed E-state index contributed by atoms with van der Waals surface area (Å²) in [6.45, 7) is 1.90.